The van der Waals surface area contributed by atoms with Crippen molar-refractivity contribution in [1.82, 2.24) is 9.91 Å². The number of piperazine rings is 1. The van der Waals surface area contributed by atoms with E-state index in [9.17, 15) is 5.11 Å². The molecule has 0 amide bonds. The van der Waals surface area contributed by atoms with Crippen molar-refractivity contribution in [2.75, 3.05) is 26.2 Å². The zero-order valence-corrected chi connectivity index (χ0v) is 19.4. The molecule has 1 fully saturated rings. The summed E-state index contributed by atoms with van der Waals surface area (Å²) in [6.45, 7) is 9.14. The lowest BCUT2D eigenvalue weighted by atomic mass is 10.1. The lowest BCUT2D eigenvalue weighted by Crippen LogP contribution is -2.43. The van der Waals surface area contributed by atoms with Crippen molar-refractivity contribution in [2.45, 2.75) is 20.4 Å². The third-order valence-corrected chi connectivity index (χ3v) is 6.10. The molecule has 26 heavy (non-hydrogen) atoms. The van der Waals surface area contributed by atoms with Crippen LogP contribution in [0.1, 0.15) is 22.3 Å². The van der Waals surface area contributed by atoms with Crippen LogP contribution in [-0.2, 0) is 6.54 Å². The Balaban J connectivity index is 1.57. The van der Waals surface area contributed by atoms with E-state index in [0.29, 0.717) is 5.75 Å². The van der Waals surface area contributed by atoms with E-state index in [2.05, 4.69) is 92.2 Å². The zero-order valence-electron chi connectivity index (χ0n) is 15.0. The Hall–Kier alpha value is -0.870. The molecule has 1 heterocycles. The summed E-state index contributed by atoms with van der Waals surface area (Å²) in [6, 6.07) is 10.6. The molecule has 2 aromatic carbocycles. The van der Waals surface area contributed by atoms with Crippen molar-refractivity contribution in [3.8, 4) is 5.75 Å². The number of hydrogen-bond acceptors (Lipinski definition) is 4. The number of hydrazone groups is 1. The SMILES string of the molecule is Cc1ccc(CN2CCN(/N=C\c3cc(I)cc(I)c3O)CC2)c(C)c1. The van der Waals surface area contributed by atoms with Gasteiger partial charge in [0.15, 0.2) is 0 Å². The lowest BCUT2D eigenvalue weighted by Gasteiger charge is -2.33. The largest absolute Gasteiger partial charge is 0.506 e. The van der Waals surface area contributed by atoms with Gasteiger partial charge in [-0.1, -0.05) is 23.8 Å². The topological polar surface area (TPSA) is 39.1 Å². The summed E-state index contributed by atoms with van der Waals surface area (Å²) >= 11 is 4.41. The number of nitrogens with zero attached hydrogens (tertiary/aromatic N) is 3. The normalized spacial score (nSPS) is 15.8. The Morgan fingerprint density at radius 3 is 2.50 bits per heavy atom. The number of rotatable bonds is 4. The van der Waals surface area contributed by atoms with Crippen LogP contribution < -0.4 is 0 Å². The molecule has 1 aliphatic rings. The number of aryl methyl sites for hydroxylation is 2. The Morgan fingerprint density at radius 1 is 1.08 bits per heavy atom. The predicted octanol–water partition coefficient (Wildman–Crippen LogP) is 4.37. The highest BCUT2D eigenvalue weighted by Crippen LogP contribution is 2.25. The number of benzene rings is 2. The summed E-state index contributed by atoms with van der Waals surface area (Å²) in [5, 5.41) is 16.8. The molecule has 0 unspecified atom stereocenters. The summed E-state index contributed by atoms with van der Waals surface area (Å²) < 4.78 is 1.96. The standard InChI is InChI=1S/C20H23I2N3O/c1-14-3-4-16(15(2)9-14)13-24-5-7-25(8-6-24)23-12-17-10-18(21)11-19(22)20(17)26/h3-4,9-12,26H,5-8,13H2,1-2H3/b23-12-. The van der Waals surface area contributed by atoms with Gasteiger partial charge >= 0.3 is 0 Å². The molecule has 0 spiro atoms. The van der Waals surface area contributed by atoms with Crippen LogP contribution in [0.5, 0.6) is 5.75 Å². The maximum atomic E-state index is 10.2. The summed E-state index contributed by atoms with van der Waals surface area (Å²) in [6.07, 6.45) is 1.78. The van der Waals surface area contributed by atoms with Crippen molar-refractivity contribution >= 4 is 51.4 Å². The number of phenolic OH excluding ortho intramolecular Hbond substituents is 1. The van der Waals surface area contributed by atoms with Crippen LogP contribution in [0.4, 0.5) is 0 Å². The second-order valence-corrected chi connectivity index (χ2v) is 9.14. The number of phenols is 1. The molecule has 0 aromatic heterocycles. The van der Waals surface area contributed by atoms with E-state index in [1.54, 1.807) is 6.21 Å². The van der Waals surface area contributed by atoms with Crippen molar-refractivity contribution in [2.24, 2.45) is 5.10 Å². The maximum Gasteiger partial charge on any atom is 0.137 e. The fraction of sp³-hybridized carbons (Fsp3) is 0.350. The fourth-order valence-electron chi connectivity index (χ4n) is 3.10. The molecule has 138 valence electrons. The van der Waals surface area contributed by atoms with Gasteiger partial charge in [-0.05, 0) is 82.3 Å². The Kier molecular flexibility index (Phi) is 6.79. The summed E-state index contributed by atoms with van der Waals surface area (Å²) in [5.41, 5.74) is 4.87. The minimum atomic E-state index is 0.309. The molecule has 0 atom stereocenters. The van der Waals surface area contributed by atoms with Crippen LogP contribution in [0, 0.1) is 21.0 Å². The Labute approximate surface area is 182 Å². The van der Waals surface area contributed by atoms with Gasteiger partial charge in [0.2, 0.25) is 0 Å². The highest BCUT2D eigenvalue weighted by atomic mass is 127. The molecule has 6 heteroatoms. The van der Waals surface area contributed by atoms with Gasteiger partial charge in [0.05, 0.1) is 9.78 Å². The van der Waals surface area contributed by atoms with E-state index in [0.717, 1.165) is 45.4 Å². The van der Waals surface area contributed by atoms with Crippen LogP contribution in [0.2, 0.25) is 0 Å². The van der Waals surface area contributed by atoms with Crippen molar-refractivity contribution in [3.63, 3.8) is 0 Å². The van der Waals surface area contributed by atoms with Gasteiger partial charge in [0.1, 0.15) is 5.75 Å². The monoisotopic (exact) mass is 575 g/mol. The summed E-state index contributed by atoms with van der Waals surface area (Å²) in [4.78, 5) is 2.48. The third kappa shape index (κ3) is 5.10. The predicted molar refractivity (Wildman–Crippen MR) is 124 cm³/mol. The van der Waals surface area contributed by atoms with Gasteiger partial charge in [0, 0.05) is 41.9 Å². The van der Waals surface area contributed by atoms with E-state index in [1.165, 1.54) is 16.7 Å². The number of aromatic hydroxyl groups is 1. The minimum absolute atomic E-state index is 0.309. The quantitative estimate of drug-likeness (QED) is 0.435. The molecular formula is C20H23I2N3O. The zero-order chi connectivity index (χ0) is 18.7. The number of hydrogen-bond donors (Lipinski definition) is 1. The number of halogens is 2. The highest BCUT2D eigenvalue weighted by Gasteiger charge is 2.16. The highest BCUT2D eigenvalue weighted by molar-refractivity contribution is 14.1. The Morgan fingerprint density at radius 2 is 1.81 bits per heavy atom. The average Bonchev–Trinajstić information content (AvgIpc) is 2.60. The fourth-order valence-corrected chi connectivity index (χ4v) is 4.99. The van der Waals surface area contributed by atoms with Crippen LogP contribution in [0.25, 0.3) is 0 Å². The molecule has 4 nitrogen and oxygen atoms in total. The first kappa shape index (κ1) is 19.9. The molecule has 0 bridgehead atoms. The van der Waals surface area contributed by atoms with Gasteiger partial charge in [-0.15, -0.1) is 0 Å². The minimum Gasteiger partial charge on any atom is -0.506 e. The lowest BCUT2D eigenvalue weighted by molar-refractivity contribution is 0.131. The van der Waals surface area contributed by atoms with E-state index in [-0.39, 0.29) is 0 Å². The van der Waals surface area contributed by atoms with Crippen LogP contribution >= 0.6 is 45.2 Å². The summed E-state index contributed by atoms with van der Waals surface area (Å²) in [5.74, 6) is 0.309. The molecule has 0 saturated carbocycles. The first-order chi connectivity index (χ1) is 12.4. The van der Waals surface area contributed by atoms with Gasteiger partial charge in [0.25, 0.3) is 0 Å². The summed E-state index contributed by atoms with van der Waals surface area (Å²) in [7, 11) is 0. The molecule has 0 radical (unpaired) electrons. The van der Waals surface area contributed by atoms with Crippen LogP contribution in [0.15, 0.2) is 35.4 Å². The van der Waals surface area contributed by atoms with E-state index in [4.69, 9.17) is 0 Å². The van der Waals surface area contributed by atoms with Crippen molar-refractivity contribution in [1.29, 1.82) is 0 Å². The second kappa shape index (κ2) is 8.88. The third-order valence-electron chi connectivity index (χ3n) is 4.66. The van der Waals surface area contributed by atoms with E-state index in [1.807, 2.05) is 12.1 Å². The molecule has 1 N–H and O–H groups in total. The van der Waals surface area contributed by atoms with Gasteiger partial charge in [-0.2, -0.15) is 5.10 Å². The van der Waals surface area contributed by atoms with Gasteiger partial charge in [-0.25, -0.2) is 0 Å². The Bertz CT molecular complexity index is 815. The second-order valence-electron chi connectivity index (χ2n) is 6.73. The van der Waals surface area contributed by atoms with Crippen LogP contribution in [0.3, 0.4) is 0 Å². The van der Waals surface area contributed by atoms with Gasteiger partial charge < -0.3 is 5.11 Å². The van der Waals surface area contributed by atoms with Crippen LogP contribution in [-0.4, -0.2) is 47.4 Å². The average molecular weight is 575 g/mol. The molecule has 1 saturated heterocycles. The smallest absolute Gasteiger partial charge is 0.137 e. The van der Waals surface area contributed by atoms with Gasteiger partial charge in [-0.3, -0.25) is 9.91 Å². The molecule has 0 aliphatic carbocycles. The first-order valence-electron chi connectivity index (χ1n) is 8.68. The molecule has 2 aromatic rings. The molecule has 1 aliphatic heterocycles. The maximum absolute atomic E-state index is 10.2. The van der Waals surface area contributed by atoms with E-state index < -0.39 is 0 Å². The molecule has 3 rings (SSSR count). The van der Waals surface area contributed by atoms with Crippen molar-refractivity contribution in [3.05, 3.63) is 59.7 Å². The van der Waals surface area contributed by atoms with Crippen molar-refractivity contribution < 1.29 is 5.11 Å². The molecular weight excluding hydrogens is 552 g/mol. The first-order valence-corrected chi connectivity index (χ1v) is 10.8. The van der Waals surface area contributed by atoms with E-state index >= 15 is 0 Å².